The first-order chi connectivity index (χ1) is 14.2. The van der Waals surface area contributed by atoms with Crippen molar-refractivity contribution in [1.82, 2.24) is 9.62 Å². The molecule has 1 fully saturated rings. The second-order valence-corrected chi connectivity index (χ2v) is 9.11. The van der Waals surface area contributed by atoms with E-state index in [1.165, 1.54) is 34.6 Å². The fourth-order valence-corrected chi connectivity index (χ4v) is 5.03. The number of hydrogen-bond donors (Lipinski definition) is 1. The molecule has 0 saturated carbocycles. The summed E-state index contributed by atoms with van der Waals surface area (Å²) in [6.07, 6.45) is -0.451. The van der Waals surface area contributed by atoms with Gasteiger partial charge in [0.05, 0.1) is 22.0 Å². The fraction of sp³-hybridized carbons (Fsp3) is 0.350. The largest absolute Gasteiger partial charge is 0.373 e. The van der Waals surface area contributed by atoms with Crippen LogP contribution < -0.4 is 5.32 Å². The standard InChI is InChI=1S/C20H23N3O6S/c1-14-12-22(13-15(2)29-14)30(27,28)18-8-5-7-16(10-18)20(24)21-11-17-6-3-4-9-19(17)23(25)26/h3-10,14-15H,11-13H2,1-2H3,(H,21,24). The third-order valence-electron chi connectivity index (χ3n) is 4.75. The monoisotopic (exact) mass is 433 g/mol. The highest BCUT2D eigenvalue weighted by atomic mass is 32.2. The second-order valence-electron chi connectivity index (χ2n) is 7.18. The maximum absolute atomic E-state index is 13.0. The molecule has 2 atom stereocenters. The van der Waals surface area contributed by atoms with E-state index in [1.54, 1.807) is 18.2 Å². The number of amides is 1. The molecule has 0 aromatic heterocycles. The molecule has 3 rings (SSSR count). The zero-order valence-corrected chi connectivity index (χ0v) is 17.5. The first-order valence-electron chi connectivity index (χ1n) is 9.44. The van der Waals surface area contributed by atoms with Crippen LogP contribution in [0.1, 0.15) is 29.8 Å². The first kappa shape index (κ1) is 21.9. The number of ether oxygens (including phenoxy) is 1. The van der Waals surface area contributed by atoms with E-state index in [0.717, 1.165) is 0 Å². The molecule has 160 valence electrons. The Morgan fingerprint density at radius 2 is 1.83 bits per heavy atom. The molecule has 2 aromatic rings. The molecule has 1 aliphatic heterocycles. The number of carbonyl (C=O) groups excluding carboxylic acids is 1. The highest BCUT2D eigenvalue weighted by Gasteiger charge is 2.32. The van der Waals surface area contributed by atoms with Crippen molar-refractivity contribution >= 4 is 21.6 Å². The van der Waals surface area contributed by atoms with Crippen molar-refractivity contribution in [3.63, 3.8) is 0 Å². The minimum atomic E-state index is -3.78. The van der Waals surface area contributed by atoms with Crippen LogP contribution in [0, 0.1) is 10.1 Å². The van der Waals surface area contributed by atoms with Gasteiger partial charge in [-0.25, -0.2) is 8.42 Å². The van der Waals surface area contributed by atoms with Gasteiger partial charge in [-0.1, -0.05) is 24.3 Å². The summed E-state index contributed by atoms with van der Waals surface area (Å²) in [7, 11) is -3.78. The summed E-state index contributed by atoms with van der Waals surface area (Å²) in [4.78, 5) is 23.2. The number of sulfonamides is 1. The van der Waals surface area contributed by atoms with E-state index in [9.17, 15) is 23.3 Å². The van der Waals surface area contributed by atoms with Gasteiger partial charge in [0.2, 0.25) is 10.0 Å². The summed E-state index contributed by atoms with van der Waals surface area (Å²) >= 11 is 0. The lowest BCUT2D eigenvalue weighted by molar-refractivity contribution is -0.385. The molecule has 1 N–H and O–H groups in total. The second kappa shape index (κ2) is 8.90. The molecule has 2 unspecified atom stereocenters. The van der Waals surface area contributed by atoms with E-state index < -0.39 is 20.9 Å². The van der Waals surface area contributed by atoms with E-state index >= 15 is 0 Å². The molecular weight excluding hydrogens is 410 g/mol. The molecule has 0 aliphatic carbocycles. The number of nitro groups is 1. The summed E-state index contributed by atoms with van der Waals surface area (Å²) in [6, 6.07) is 11.9. The minimum Gasteiger partial charge on any atom is -0.373 e. The number of nitrogens with one attached hydrogen (secondary N) is 1. The minimum absolute atomic E-state index is 0.0159. The number of benzene rings is 2. The predicted molar refractivity (Wildman–Crippen MR) is 109 cm³/mol. The highest BCUT2D eigenvalue weighted by Crippen LogP contribution is 2.22. The molecule has 1 saturated heterocycles. The summed E-state index contributed by atoms with van der Waals surface area (Å²) in [5, 5.41) is 13.7. The Morgan fingerprint density at radius 1 is 1.17 bits per heavy atom. The Bertz CT molecular complexity index is 1050. The van der Waals surface area contributed by atoms with E-state index in [2.05, 4.69) is 5.32 Å². The zero-order chi connectivity index (χ0) is 21.9. The lowest BCUT2D eigenvalue weighted by Gasteiger charge is -2.34. The molecule has 2 aromatic carbocycles. The van der Waals surface area contributed by atoms with Crippen LogP contribution in [0.3, 0.4) is 0 Å². The number of para-hydroxylation sites is 1. The van der Waals surface area contributed by atoms with Crippen molar-refractivity contribution in [3.05, 3.63) is 69.8 Å². The number of rotatable bonds is 6. The average Bonchev–Trinajstić information content (AvgIpc) is 2.71. The maximum atomic E-state index is 13.0. The topological polar surface area (TPSA) is 119 Å². The summed E-state index contributed by atoms with van der Waals surface area (Å²) in [6.45, 7) is 4.04. The van der Waals surface area contributed by atoms with Gasteiger partial charge in [-0.05, 0) is 32.0 Å². The van der Waals surface area contributed by atoms with Crippen LogP contribution in [-0.4, -0.2) is 48.9 Å². The third-order valence-corrected chi connectivity index (χ3v) is 6.58. The van der Waals surface area contributed by atoms with Crippen molar-refractivity contribution < 1.29 is 22.9 Å². The van der Waals surface area contributed by atoms with Gasteiger partial charge in [0.15, 0.2) is 0 Å². The first-order valence-corrected chi connectivity index (χ1v) is 10.9. The van der Waals surface area contributed by atoms with Crippen LogP contribution in [0.15, 0.2) is 53.4 Å². The zero-order valence-electron chi connectivity index (χ0n) is 16.6. The van der Waals surface area contributed by atoms with Crippen LogP contribution >= 0.6 is 0 Å². The van der Waals surface area contributed by atoms with E-state index in [0.29, 0.717) is 5.56 Å². The smallest absolute Gasteiger partial charge is 0.274 e. The molecule has 30 heavy (non-hydrogen) atoms. The van der Waals surface area contributed by atoms with Crippen LogP contribution in [0.5, 0.6) is 0 Å². The van der Waals surface area contributed by atoms with Crippen molar-refractivity contribution in [3.8, 4) is 0 Å². The van der Waals surface area contributed by atoms with Crippen molar-refractivity contribution in [2.45, 2.75) is 37.5 Å². The van der Waals surface area contributed by atoms with Gasteiger partial charge in [-0.15, -0.1) is 0 Å². The molecule has 1 amide bonds. The number of nitro benzene ring substituents is 1. The van der Waals surface area contributed by atoms with E-state index in [1.807, 2.05) is 13.8 Å². The van der Waals surface area contributed by atoms with Crippen LogP contribution in [0.25, 0.3) is 0 Å². The summed E-state index contributed by atoms with van der Waals surface area (Å²) in [5.41, 5.74) is 0.421. The Balaban J connectivity index is 1.76. The lowest BCUT2D eigenvalue weighted by atomic mass is 10.1. The van der Waals surface area contributed by atoms with Gasteiger partial charge in [0, 0.05) is 36.8 Å². The SMILES string of the molecule is CC1CN(S(=O)(=O)c2cccc(C(=O)NCc3ccccc3[N+](=O)[O-])c2)CC(C)O1. The summed E-state index contributed by atoms with van der Waals surface area (Å²) < 4.78 is 33.0. The average molecular weight is 433 g/mol. The summed E-state index contributed by atoms with van der Waals surface area (Å²) in [5.74, 6) is -0.520. The van der Waals surface area contributed by atoms with E-state index in [4.69, 9.17) is 4.74 Å². The van der Waals surface area contributed by atoms with Gasteiger partial charge < -0.3 is 10.1 Å². The molecule has 0 spiro atoms. The molecule has 0 bridgehead atoms. The Morgan fingerprint density at radius 3 is 2.50 bits per heavy atom. The van der Waals surface area contributed by atoms with E-state index in [-0.39, 0.29) is 48.0 Å². The normalized spacial score (nSPS) is 19.9. The van der Waals surface area contributed by atoms with Crippen molar-refractivity contribution in [1.29, 1.82) is 0 Å². The van der Waals surface area contributed by atoms with Gasteiger partial charge in [0.1, 0.15) is 0 Å². The van der Waals surface area contributed by atoms with Gasteiger partial charge in [-0.2, -0.15) is 4.31 Å². The fourth-order valence-electron chi connectivity index (χ4n) is 3.39. The van der Waals surface area contributed by atoms with Crippen LogP contribution in [0.2, 0.25) is 0 Å². The molecule has 1 heterocycles. The van der Waals surface area contributed by atoms with Crippen molar-refractivity contribution in [2.24, 2.45) is 0 Å². The predicted octanol–water partition coefficient (Wildman–Crippen LogP) is 2.32. The Labute approximate surface area is 174 Å². The van der Waals surface area contributed by atoms with Gasteiger partial charge in [-0.3, -0.25) is 14.9 Å². The maximum Gasteiger partial charge on any atom is 0.274 e. The quantitative estimate of drug-likeness (QED) is 0.552. The van der Waals surface area contributed by atoms with Crippen LogP contribution in [0.4, 0.5) is 5.69 Å². The van der Waals surface area contributed by atoms with Crippen LogP contribution in [-0.2, 0) is 21.3 Å². The van der Waals surface area contributed by atoms with Gasteiger partial charge >= 0.3 is 0 Å². The number of hydrogen-bond acceptors (Lipinski definition) is 6. The van der Waals surface area contributed by atoms with Crippen molar-refractivity contribution in [2.75, 3.05) is 13.1 Å². The Hall–Kier alpha value is -2.82. The molecular formula is C20H23N3O6S. The lowest BCUT2D eigenvalue weighted by Crippen LogP contribution is -2.48. The highest BCUT2D eigenvalue weighted by molar-refractivity contribution is 7.89. The molecule has 1 aliphatic rings. The third kappa shape index (κ3) is 4.84. The molecule has 0 radical (unpaired) electrons. The molecule has 9 nitrogen and oxygen atoms in total. The molecule has 10 heteroatoms. The number of morpholine rings is 1. The Kier molecular flexibility index (Phi) is 6.49. The van der Waals surface area contributed by atoms with Gasteiger partial charge in [0.25, 0.3) is 11.6 Å². The number of carbonyl (C=O) groups is 1. The number of nitrogens with zero attached hydrogens (tertiary/aromatic N) is 2.